The van der Waals surface area contributed by atoms with E-state index in [-0.39, 0.29) is 0 Å². The van der Waals surface area contributed by atoms with Crippen LogP contribution in [0.15, 0.2) is 200 Å². The van der Waals surface area contributed by atoms with Gasteiger partial charge in [-0.05, 0) is 148 Å². The minimum atomic E-state index is -1.16. The fourth-order valence-corrected chi connectivity index (χ4v) is 9.49. The molecule has 1 saturated heterocycles. The monoisotopic (exact) mass is 812 g/mol. The summed E-state index contributed by atoms with van der Waals surface area (Å²) < 4.78 is 26.2. The third-order valence-corrected chi connectivity index (χ3v) is 12.6. The molecule has 13 rings (SSSR count). The first kappa shape index (κ1) is 37.2. The van der Waals surface area contributed by atoms with E-state index in [0.29, 0.717) is 17.2 Å². The Labute approximate surface area is 365 Å². The van der Waals surface area contributed by atoms with Gasteiger partial charge in [-0.1, -0.05) is 146 Å². The fraction of sp³-hybridized carbons (Fsp3) is 0.0690. The smallest absolute Gasteiger partial charge is 0.489 e. The first-order valence-corrected chi connectivity index (χ1v) is 21.8. The number of benzene rings is 12. The maximum atomic E-state index is 7.07. The molecular weight excluding hydrogens is 771 g/mol. The first-order chi connectivity index (χ1) is 31.2. The van der Waals surface area contributed by atoms with E-state index in [1.54, 1.807) is 0 Å². The number of rotatable bonds is 6. The van der Waals surface area contributed by atoms with E-state index >= 15 is 0 Å². The number of hydrogen-bond acceptors (Lipinski definition) is 4. The quantitative estimate of drug-likeness (QED) is 0.0952. The van der Waals surface area contributed by atoms with Gasteiger partial charge in [0.05, 0.1) is 0 Å². The highest BCUT2D eigenvalue weighted by Crippen LogP contribution is 2.40. The van der Waals surface area contributed by atoms with Crippen LogP contribution in [0.1, 0.15) is 12.8 Å². The summed E-state index contributed by atoms with van der Waals surface area (Å²) in [6, 6.07) is 70.6. The minimum Gasteiger partial charge on any atom is -0.489 e. The molecule has 0 radical (unpaired) electrons. The molecule has 1 heterocycles. The lowest BCUT2D eigenvalue weighted by Crippen LogP contribution is -2.37. The molecule has 0 N–H and O–H groups in total. The molecule has 1 aliphatic heterocycles. The molecule has 300 valence electrons. The van der Waals surface area contributed by atoms with Crippen LogP contribution in [0.2, 0.25) is 0 Å². The Morgan fingerprint density at radius 2 is 0.571 bits per heavy atom. The summed E-state index contributed by atoms with van der Waals surface area (Å²) in [5.74, 6) is 2.03. The van der Waals surface area contributed by atoms with Gasteiger partial charge in [0.15, 0.2) is 0 Å². The van der Waals surface area contributed by atoms with Gasteiger partial charge < -0.3 is 18.7 Å². The summed E-state index contributed by atoms with van der Waals surface area (Å²) in [5.41, 5.74) is 0. The highest BCUT2D eigenvalue weighted by Gasteiger charge is 2.33. The molecule has 0 bridgehead atoms. The molecular formula is C58H41BO4. The van der Waals surface area contributed by atoms with Crippen molar-refractivity contribution in [2.75, 3.05) is 13.2 Å². The number of fused-ring (bicyclic) bond motifs is 12. The van der Waals surface area contributed by atoms with E-state index in [2.05, 4.69) is 164 Å². The van der Waals surface area contributed by atoms with Crippen molar-refractivity contribution in [3.63, 3.8) is 0 Å². The van der Waals surface area contributed by atoms with Crippen molar-refractivity contribution in [2.24, 2.45) is 0 Å². The largest absolute Gasteiger partial charge is 0.864 e. The zero-order valence-electron chi connectivity index (χ0n) is 34.6. The van der Waals surface area contributed by atoms with E-state index in [0.717, 1.165) is 77.8 Å². The average molecular weight is 813 g/mol. The summed E-state index contributed by atoms with van der Waals surface area (Å²) in [5, 5.41) is 20.1. The second-order valence-electron chi connectivity index (χ2n) is 16.5. The van der Waals surface area contributed by atoms with Crippen molar-refractivity contribution < 1.29 is 18.7 Å². The Bertz CT molecular complexity index is 3340. The maximum Gasteiger partial charge on any atom is 0.864 e. The fourth-order valence-electron chi connectivity index (χ4n) is 9.49. The van der Waals surface area contributed by atoms with Gasteiger partial charge in [0, 0.05) is 29.4 Å². The third-order valence-electron chi connectivity index (χ3n) is 12.6. The minimum absolute atomic E-state index is 0.676. The highest BCUT2D eigenvalue weighted by atomic mass is 16.7. The first-order valence-electron chi connectivity index (χ1n) is 21.8. The van der Waals surface area contributed by atoms with Gasteiger partial charge in [0.2, 0.25) is 0 Å². The molecule has 63 heavy (non-hydrogen) atoms. The molecule has 1 fully saturated rings. The van der Waals surface area contributed by atoms with Crippen LogP contribution in [0.4, 0.5) is 0 Å². The van der Waals surface area contributed by atoms with Crippen molar-refractivity contribution in [1.82, 2.24) is 0 Å². The molecule has 0 atom stereocenters. The van der Waals surface area contributed by atoms with Crippen LogP contribution in [0, 0.1) is 0 Å². The Kier molecular flexibility index (Phi) is 9.27. The summed E-state index contributed by atoms with van der Waals surface area (Å²) in [7, 11) is -1.16. The molecule has 0 spiro atoms. The second-order valence-corrected chi connectivity index (χ2v) is 16.5. The molecule has 0 aliphatic carbocycles. The maximum absolute atomic E-state index is 7.07. The average Bonchev–Trinajstić information content (AvgIpc) is 3.93. The van der Waals surface area contributed by atoms with E-state index in [4.69, 9.17) is 18.7 Å². The molecule has 0 amide bonds. The molecule has 0 unspecified atom stereocenters. The molecule has 5 heteroatoms. The van der Waals surface area contributed by atoms with Gasteiger partial charge >= 0.3 is 7.32 Å². The van der Waals surface area contributed by atoms with Gasteiger partial charge in [0.25, 0.3) is 0 Å². The summed E-state index contributed by atoms with van der Waals surface area (Å²) in [6.45, 7) is 2.00. The van der Waals surface area contributed by atoms with E-state index in [1.807, 2.05) is 36.4 Å². The van der Waals surface area contributed by atoms with Crippen molar-refractivity contribution in [1.29, 1.82) is 0 Å². The van der Waals surface area contributed by atoms with Gasteiger partial charge in [-0.2, -0.15) is 0 Å². The molecule has 1 aliphatic rings. The zero-order chi connectivity index (χ0) is 41.7. The van der Waals surface area contributed by atoms with Crippen LogP contribution >= 0.6 is 0 Å². The number of ether oxygens (including phenoxy) is 1. The van der Waals surface area contributed by atoms with Crippen LogP contribution in [0.5, 0.6) is 17.2 Å². The SMILES string of the molecule is C1CCOC1.c1ccc2cc3c(ccc4cccc(OB(Oc5cccc6ccc7cc8ccccc8cc7c56)Oc5cccc6ccc7cc8ccccc8cc7c56)c43)cc2c1. The Hall–Kier alpha value is -7.60. The summed E-state index contributed by atoms with van der Waals surface area (Å²) in [4.78, 5) is 0. The number of hydrogen-bond donors (Lipinski definition) is 0. The van der Waals surface area contributed by atoms with Gasteiger partial charge in [-0.3, -0.25) is 0 Å². The predicted molar refractivity (Wildman–Crippen MR) is 265 cm³/mol. The highest BCUT2D eigenvalue weighted by molar-refractivity contribution is 6.41. The summed E-state index contributed by atoms with van der Waals surface area (Å²) in [6.07, 6.45) is 2.56. The van der Waals surface area contributed by atoms with Crippen molar-refractivity contribution in [3.05, 3.63) is 200 Å². The molecule has 0 saturated carbocycles. The van der Waals surface area contributed by atoms with Gasteiger partial charge in [0.1, 0.15) is 17.2 Å². The topological polar surface area (TPSA) is 36.9 Å². The molecule has 0 aromatic heterocycles. The van der Waals surface area contributed by atoms with E-state index < -0.39 is 7.32 Å². The van der Waals surface area contributed by atoms with Gasteiger partial charge in [-0.25, -0.2) is 0 Å². The third kappa shape index (κ3) is 6.88. The van der Waals surface area contributed by atoms with Crippen molar-refractivity contribution >= 4 is 104 Å². The van der Waals surface area contributed by atoms with E-state index in [1.165, 1.54) is 45.2 Å². The molecule has 12 aromatic carbocycles. The van der Waals surface area contributed by atoms with Crippen molar-refractivity contribution in [3.8, 4) is 17.2 Å². The van der Waals surface area contributed by atoms with Crippen LogP contribution < -0.4 is 14.0 Å². The van der Waals surface area contributed by atoms with Gasteiger partial charge in [-0.15, -0.1) is 0 Å². The lowest BCUT2D eigenvalue weighted by molar-refractivity contribution is 0.198. The molecule has 12 aromatic rings. The van der Waals surface area contributed by atoms with Crippen LogP contribution in [-0.4, -0.2) is 20.5 Å². The predicted octanol–water partition coefficient (Wildman–Crippen LogP) is 15.4. The standard InChI is InChI=1S/C54H33BO3.C4H8O/c1-4-13-40-31-46-43(28-37(40)10-1)25-22-34-16-7-19-49(52(34)46)56-55(57-50-20-8-17-35-23-26-44-29-38-11-2-5-14-41(38)32-47(44)53(35)50)58-51-21-9-18-36-24-27-45-30-39-12-3-6-15-42(39)33-48(45)54(36)51;1-2-4-5-3-1/h1-33H;1-4H2. The zero-order valence-corrected chi connectivity index (χ0v) is 34.6. The van der Waals surface area contributed by atoms with E-state index in [9.17, 15) is 0 Å². The lowest BCUT2D eigenvalue weighted by atomic mass is 9.96. The van der Waals surface area contributed by atoms with Crippen LogP contribution in [-0.2, 0) is 4.74 Å². The Morgan fingerprint density at radius 1 is 0.286 bits per heavy atom. The van der Waals surface area contributed by atoms with Crippen LogP contribution in [0.25, 0.3) is 97.0 Å². The Balaban J connectivity index is 0.000000790. The lowest BCUT2D eigenvalue weighted by Gasteiger charge is -2.21. The molecule has 4 nitrogen and oxygen atoms in total. The van der Waals surface area contributed by atoms with Crippen molar-refractivity contribution in [2.45, 2.75) is 12.8 Å². The van der Waals surface area contributed by atoms with Crippen LogP contribution in [0.3, 0.4) is 0 Å². The normalized spacial score (nSPS) is 12.8. The second kappa shape index (κ2) is 15.7. The Morgan fingerprint density at radius 3 is 0.873 bits per heavy atom. The summed E-state index contributed by atoms with van der Waals surface area (Å²) >= 11 is 0.